The molecule has 7 heteroatoms. The Balaban J connectivity index is 1.35. The second kappa shape index (κ2) is 6.74. The third-order valence-corrected chi connectivity index (χ3v) is 5.26. The number of nitrogens with one attached hydrogen (secondary N) is 1. The molecule has 0 bridgehead atoms. The molecule has 4 heterocycles. The summed E-state index contributed by atoms with van der Waals surface area (Å²) in [7, 11) is 0. The predicted octanol–water partition coefficient (Wildman–Crippen LogP) is 2.86. The van der Waals surface area contributed by atoms with Crippen LogP contribution in [0.25, 0.3) is 22.0 Å². The maximum absolute atomic E-state index is 12.2. The second-order valence-electron chi connectivity index (χ2n) is 7.46. The number of nitrogens with zero attached hydrogens (tertiary/aromatic N) is 5. The van der Waals surface area contributed by atoms with Gasteiger partial charge in [-0.25, -0.2) is 4.98 Å². The van der Waals surface area contributed by atoms with Crippen LogP contribution in [-0.4, -0.2) is 50.2 Å². The average molecular weight is 362 g/mol. The molecule has 27 heavy (non-hydrogen) atoms. The summed E-state index contributed by atoms with van der Waals surface area (Å²) in [4.78, 5) is 23.3. The normalized spacial score (nSPS) is 17.5. The zero-order valence-corrected chi connectivity index (χ0v) is 15.1. The molecule has 5 rings (SSSR count). The minimum atomic E-state index is -0.0152. The highest BCUT2D eigenvalue weighted by Crippen LogP contribution is 2.35. The van der Waals surface area contributed by atoms with Crippen LogP contribution in [0.5, 0.6) is 0 Å². The van der Waals surface area contributed by atoms with E-state index in [1.54, 1.807) is 6.20 Å². The molecule has 7 nitrogen and oxygen atoms in total. The molecular formula is C20H22N6O. The quantitative estimate of drug-likeness (QED) is 0.755. The van der Waals surface area contributed by atoms with Gasteiger partial charge in [-0.2, -0.15) is 5.10 Å². The molecule has 3 aromatic rings. The number of pyridine rings is 2. The van der Waals surface area contributed by atoms with Crippen LogP contribution in [0.1, 0.15) is 31.7 Å². The third kappa shape index (κ3) is 3.55. The van der Waals surface area contributed by atoms with E-state index in [-0.39, 0.29) is 5.91 Å². The van der Waals surface area contributed by atoms with E-state index in [4.69, 9.17) is 0 Å². The summed E-state index contributed by atoms with van der Waals surface area (Å²) in [5.41, 5.74) is 2.90. The molecule has 1 amide bonds. The molecule has 138 valence electrons. The van der Waals surface area contributed by atoms with Crippen LogP contribution in [0.3, 0.4) is 0 Å². The van der Waals surface area contributed by atoms with Crippen molar-refractivity contribution in [2.75, 3.05) is 25.0 Å². The topological polar surface area (TPSA) is 75.9 Å². The molecule has 1 aliphatic heterocycles. The van der Waals surface area contributed by atoms with Gasteiger partial charge in [0.1, 0.15) is 5.82 Å². The first-order valence-electron chi connectivity index (χ1n) is 9.57. The maximum Gasteiger partial charge on any atom is 0.239 e. The number of fused-ring (bicyclic) bond motifs is 1. The zero-order valence-electron chi connectivity index (χ0n) is 15.1. The largest absolute Gasteiger partial charge is 0.310 e. The standard InChI is InChI=1S/C20H22N6O/c27-20(13-25-5-1-2-6-25)24-19-8-14-7-15(9-21-18(14)11-22-19)16-10-23-26(12-16)17-3-4-17/h7-12,17H,1-6,13H2,(H,22,24,27). The molecule has 0 radical (unpaired) electrons. The zero-order chi connectivity index (χ0) is 18.2. The Bertz CT molecular complexity index is 987. The Morgan fingerprint density at radius 1 is 1.07 bits per heavy atom. The minimum absolute atomic E-state index is 0.0152. The lowest BCUT2D eigenvalue weighted by Crippen LogP contribution is -2.31. The summed E-state index contributed by atoms with van der Waals surface area (Å²) in [6.45, 7) is 2.43. The number of rotatable bonds is 5. The van der Waals surface area contributed by atoms with Gasteiger partial charge in [-0.15, -0.1) is 0 Å². The monoisotopic (exact) mass is 362 g/mol. The lowest BCUT2D eigenvalue weighted by atomic mass is 10.1. The number of carbonyl (C=O) groups excluding carboxylic acids is 1. The number of amides is 1. The minimum Gasteiger partial charge on any atom is -0.310 e. The summed E-state index contributed by atoms with van der Waals surface area (Å²) in [5, 5.41) is 8.32. The Morgan fingerprint density at radius 3 is 2.74 bits per heavy atom. The van der Waals surface area contributed by atoms with Crippen LogP contribution in [0.15, 0.2) is 36.9 Å². The molecule has 1 saturated heterocycles. The van der Waals surface area contributed by atoms with Crippen molar-refractivity contribution < 1.29 is 4.79 Å². The van der Waals surface area contributed by atoms with E-state index >= 15 is 0 Å². The Labute approximate surface area is 157 Å². The van der Waals surface area contributed by atoms with Gasteiger partial charge in [0.25, 0.3) is 0 Å². The molecule has 3 aromatic heterocycles. The van der Waals surface area contributed by atoms with Gasteiger partial charge in [-0.05, 0) is 50.9 Å². The van der Waals surface area contributed by atoms with Gasteiger partial charge < -0.3 is 5.32 Å². The average Bonchev–Trinajstić information content (AvgIpc) is 3.18. The Morgan fingerprint density at radius 2 is 1.93 bits per heavy atom. The predicted molar refractivity (Wildman–Crippen MR) is 103 cm³/mol. The second-order valence-corrected chi connectivity index (χ2v) is 7.46. The third-order valence-electron chi connectivity index (χ3n) is 5.26. The lowest BCUT2D eigenvalue weighted by Gasteiger charge is -2.13. The van der Waals surface area contributed by atoms with Crippen molar-refractivity contribution in [1.82, 2.24) is 24.6 Å². The number of hydrogen-bond donors (Lipinski definition) is 1. The van der Waals surface area contributed by atoms with Gasteiger partial charge in [0.05, 0.1) is 30.5 Å². The molecule has 2 fully saturated rings. The fraction of sp³-hybridized carbons (Fsp3) is 0.400. The van der Waals surface area contributed by atoms with Gasteiger partial charge in [0.15, 0.2) is 0 Å². The molecular weight excluding hydrogens is 340 g/mol. The molecule has 1 saturated carbocycles. The van der Waals surface area contributed by atoms with Crippen molar-refractivity contribution in [1.29, 1.82) is 0 Å². The summed E-state index contributed by atoms with van der Waals surface area (Å²) < 4.78 is 2.04. The first-order chi connectivity index (χ1) is 13.2. The van der Waals surface area contributed by atoms with Crippen molar-refractivity contribution in [3.63, 3.8) is 0 Å². The first kappa shape index (κ1) is 16.4. The van der Waals surface area contributed by atoms with Gasteiger partial charge in [-0.1, -0.05) is 0 Å². The van der Waals surface area contributed by atoms with Crippen molar-refractivity contribution >= 4 is 22.6 Å². The van der Waals surface area contributed by atoms with E-state index in [1.807, 2.05) is 23.1 Å². The highest BCUT2D eigenvalue weighted by atomic mass is 16.2. The van der Waals surface area contributed by atoms with Crippen LogP contribution in [0.2, 0.25) is 0 Å². The Kier molecular flexibility index (Phi) is 4.09. The van der Waals surface area contributed by atoms with Gasteiger partial charge >= 0.3 is 0 Å². The van der Waals surface area contributed by atoms with Crippen LogP contribution in [0, 0.1) is 0 Å². The smallest absolute Gasteiger partial charge is 0.239 e. The Hall–Kier alpha value is -2.80. The number of aromatic nitrogens is 4. The number of likely N-dealkylation sites (tertiary alicyclic amines) is 1. The highest BCUT2D eigenvalue weighted by Gasteiger charge is 2.24. The molecule has 1 aliphatic carbocycles. The molecule has 0 aromatic carbocycles. The lowest BCUT2D eigenvalue weighted by molar-refractivity contribution is -0.117. The van der Waals surface area contributed by atoms with E-state index in [0.29, 0.717) is 18.4 Å². The molecule has 0 atom stereocenters. The van der Waals surface area contributed by atoms with Crippen molar-refractivity contribution in [3.05, 3.63) is 36.9 Å². The van der Waals surface area contributed by atoms with Crippen molar-refractivity contribution in [2.24, 2.45) is 0 Å². The maximum atomic E-state index is 12.2. The van der Waals surface area contributed by atoms with Crippen LogP contribution in [0.4, 0.5) is 5.82 Å². The number of carbonyl (C=O) groups is 1. The number of hydrogen-bond acceptors (Lipinski definition) is 5. The molecule has 0 unspecified atom stereocenters. The van der Waals surface area contributed by atoms with E-state index in [0.717, 1.165) is 35.1 Å². The summed E-state index contributed by atoms with van der Waals surface area (Å²) in [6, 6.07) is 4.53. The van der Waals surface area contributed by atoms with Gasteiger partial charge in [-0.3, -0.25) is 19.4 Å². The summed E-state index contributed by atoms with van der Waals surface area (Å²) in [6.07, 6.45) is 12.3. The van der Waals surface area contributed by atoms with Crippen molar-refractivity contribution in [3.8, 4) is 11.1 Å². The highest BCUT2D eigenvalue weighted by molar-refractivity contribution is 5.93. The molecule has 0 spiro atoms. The van der Waals surface area contributed by atoms with Crippen molar-refractivity contribution in [2.45, 2.75) is 31.7 Å². The van der Waals surface area contributed by atoms with Crippen LogP contribution >= 0.6 is 0 Å². The fourth-order valence-electron chi connectivity index (χ4n) is 3.61. The van der Waals surface area contributed by atoms with Crippen LogP contribution in [-0.2, 0) is 4.79 Å². The van der Waals surface area contributed by atoms with Gasteiger partial charge in [0, 0.05) is 28.9 Å². The van der Waals surface area contributed by atoms with E-state index in [1.165, 1.54) is 25.7 Å². The SMILES string of the molecule is O=C(CN1CCCC1)Nc1cc2cc(-c3cnn(C4CC4)c3)cnc2cn1. The first-order valence-corrected chi connectivity index (χ1v) is 9.57. The molecule has 2 aliphatic rings. The molecule has 1 N–H and O–H groups in total. The van der Waals surface area contributed by atoms with Gasteiger partial charge in [0.2, 0.25) is 5.91 Å². The van der Waals surface area contributed by atoms with E-state index in [9.17, 15) is 4.79 Å². The van der Waals surface area contributed by atoms with E-state index < -0.39 is 0 Å². The summed E-state index contributed by atoms with van der Waals surface area (Å²) >= 11 is 0. The van der Waals surface area contributed by atoms with E-state index in [2.05, 4.69) is 37.5 Å². The van der Waals surface area contributed by atoms with Crippen LogP contribution < -0.4 is 5.32 Å². The fourth-order valence-corrected chi connectivity index (χ4v) is 3.61. The summed E-state index contributed by atoms with van der Waals surface area (Å²) in [5.74, 6) is 0.554. The number of anilines is 1.